The van der Waals surface area contributed by atoms with Gasteiger partial charge in [0.05, 0.1) is 6.61 Å². The third kappa shape index (κ3) is 4.42. The molecule has 1 aliphatic heterocycles. The number of aryl methyl sites for hydroxylation is 1. The topological polar surface area (TPSA) is 87.1 Å². The highest BCUT2D eigenvalue weighted by Crippen LogP contribution is 2.32. The fourth-order valence-corrected chi connectivity index (χ4v) is 4.97. The Bertz CT molecular complexity index is 1010. The van der Waals surface area contributed by atoms with Gasteiger partial charge in [-0.05, 0) is 18.2 Å². The van der Waals surface area contributed by atoms with Crippen LogP contribution >= 0.6 is 11.6 Å². The van der Waals surface area contributed by atoms with Crippen molar-refractivity contribution in [3.63, 3.8) is 0 Å². The summed E-state index contributed by atoms with van der Waals surface area (Å²) in [6.07, 6.45) is 1.41. The van der Waals surface area contributed by atoms with Crippen LogP contribution in [0.4, 0.5) is 0 Å². The van der Waals surface area contributed by atoms with E-state index >= 15 is 0 Å². The zero-order valence-corrected chi connectivity index (χ0v) is 18.0. The lowest BCUT2D eigenvalue weighted by Crippen LogP contribution is -2.30. The molecule has 0 radical (unpaired) electrons. The largest absolute Gasteiger partial charge is 0.467 e. The maximum atomic E-state index is 12.7. The van der Waals surface area contributed by atoms with Crippen molar-refractivity contribution in [2.45, 2.75) is 32.0 Å². The second kappa shape index (κ2) is 8.74. The monoisotopic (exact) mass is 442 g/mol. The molecule has 29 heavy (non-hydrogen) atoms. The van der Waals surface area contributed by atoms with Gasteiger partial charge in [0.25, 0.3) is 0 Å². The zero-order chi connectivity index (χ0) is 21.2. The van der Waals surface area contributed by atoms with Crippen molar-refractivity contribution in [2.24, 2.45) is 7.05 Å². The van der Waals surface area contributed by atoms with E-state index < -0.39 is 16.0 Å². The molecule has 158 valence electrons. The van der Waals surface area contributed by atoms with E-state index in [1.807, 2.05) is 0 Å². The molecule has 0 amide bonds. The number of halogens is 1. The molecule has 1 aliphatic rings. The lowest BCUT2D eigenvalue weighted by molar-refractivity contribution is -0.0180. The minimum Gasteiger partial charge on any atom is -0.467 e. The van der Waals surface area contributed by atoms with Crippen molar-refractivity contribution in [3.8, 4) is 5.75 Å². The number of esters is 1. The Morgan fingerprint density at radius 3 is 2.69 bits per heavy atom. The highest BCUT2D eigenvalue weighted by atomic mass is 35.5. The molecule has 1 aromatic heterocycles. The summed E-state index contributed by atoms with van der Waals surface area (Å²) in [5.41, 5.74) is 1.53. The van der Waals surface area contributed by atoms with Gasteiger partial charge in [-0.2, -0.15) is 4.31 Å². The standard InChI is InChI=1S/C19H23ClN2O6S/c1-4-22(5-2)29(24,25)16-8-17(21(3)9-16)19(23)27-11-14-7-15(20)6-13-10-26-12-28-18(13)14/h6-9H,4-5,10-12H2,1-3H3. The number of fused-ring (bicyclic) bond motifs is 1. The van der Waals surface area contributed by atoms with Gasteiger partial charge in [0.1, 0.15) is 22.9 Å². The Morgan fingerprint density at radius 2 is 2.00 bits per heavy atom. The van der Waals surface area contributed by atoms with Crippen LogP contribution in [0.3, 0.4) is 0 Å². The minimum absolute atomic E-state index is 0.0521. The summed E-state index contributed by atoms with van der Waals surface area (Å²) < 4.78 is 44.3. The van der Waals surface area contributed by atoms with Crippen molar-refractivity contribution in [1.29, 1.82) is 0 Å². The van der Waals surface area contributed by atoms with E-state index in [4.69, 9.17) is 25.8 Å². The molecule has 0 unspecified atom stereocenters. The van der Waals surface area contributed by atoms with Gasteiger partial charge < -0.3 is 18.8 Å². The van der Waals surface area contributed by atoms with Crippen molar-refractivity contribution in [2.75, 3.05) is 19.9 Å². The number of hydrogen-bond acceptors (Lipinski definition) is 6. The summed E-state index contributed by atoms with van der Waals surface area (Å²) in [4.78, 5) is 12.6. The second-order valence-corrected chi connectivity index (χ2v) is 8.88. The average Bonchev–Trinajstić information content (AvgIpc) is 3.09. The molecule has 0 saturated carbocycles. The van der Waals surface area contributed by atoms with Gasteiger partial charge >= 0.3 is 5.97 Å². The maximum absolute atomic E-state index is 12.7. The van der Waals surface area contributed by atoms with Crippen LogP contribution < -0.4 is 4.74 Å². The van der Waals surface area contributed by atoms with Crippen LogP contribution in [0.25, 0.3) is 0 Å². The summed E-state index contributed by atoms with van der Waals surface area (Å²) in [7, 11) is -2.07. The molecule has 2 heterocycles. The molecule has 10 heteroatoms. The number of carbonyl (C=O) groups excluding carboxylic acids is 1. The Balaban J connectivity index is 1.79. The highest BCUT2D eigenvalue weighted by molar-refractivity contribution is 7.89. The van der Waals surface area contributed by atoms with Crippen LogP contribution in [0.1, 0.15) is 35.5 Å². The van der Waals surface area contributed by atoms with E-state index in [0.29, 0.717) is 36.0 Å². The second-order valence-electron chi connectivity index (χ2n) is 6.50. The number of nitrogens with zero attached hydrogens (tertiary/aromatic N) is 2. The van der Waals surface area contributed by atoms with E-state index in [0.717, 1.165) is 5.56 Å². The first-order chi connectivity index (χ1) is 13.8. The van der Waals surface area contributed by atoms with Crippen molar-refractivity contribution < 1.29 is 27.4 Å². The SMILES string of the molecule is CCN(CC)S(=O)(=O)c1cc(C(=O)OCc2cc(Cl)cc3c2OCOC3)n(C)c1. The third-order valence-corrected chi connectivity index (χ3v) is 6.88. The molecule has 0 aliphatic carbocycles. The van der Waals surface area contributed by atoms with Gasteiger partial charge in [-0.25, -0.2) is 13.2 Å². The predicted octanol–water partition coefficient (Wildman–Crippen LogP) is 2.93. The van der Waals surface area contributed by atoms with Crippen LogP contribution in [0.2, 0.25) is 5.02 Å². The van der Waals surface area contributed by atoms with Gasteiger partial charge in [0.15, 0.2) is 6.79 Å². The molecular weight excluding hydrogens is 420 g/mol. The first kappa shape index (κ1) is 21.6. The molecular formula is C19H23ClN2O6S. The number of benzene rings is 1. The van der Waals surface area contributed by atoms with Crippen LogP contribution in [-0.4, -0.2) is 43.1 Å². The zero-order valence-electron chi connectivity index (χ0n) is 16.5. The number of ether oxygens (including phenoxy) is 3. The Labute approximate surface area is 175 Å². The summed E-state index contributed by atoms with van der Waals surface area (Å²) in [6.45, 7) is 4.62. The third-order valence-electron chi connectivity index (χ3n) is 4.64. The molecule has 0 saturated heterocycles. The maximum Gasteiger partial charge on any atom is 0.355 e. The lowest BCUT2D eigenvalue weighted by Gasteiger charge is -2.21. The summed E-state index contributed by atoms with van der Waals surface area (Å²) in [6, 6.07) is 4.73. The normalized spacial score (nSPS) is 13.8. The van der Waals surface area contributed by atoms with E-state index in [9.17, 15) is 13.2 Å². The average molecular weight is 443 g/mol. The van der Waals surface area contributed by atoms with Crippen molar-refractivity contribution in [1.82, 2.24) is 8.87 Å². The molecule has 0 spiro atoms. The van der Waals surface area contributed by atoms with Gasteiger partial charge in [0.2, 0.25) is 10.0 Å². The smallest absolute Gasteiger partial charge is 0.355 e. The first-order valence-corrected chi connectivity index (χ1v) is 10.9. The predicted molar refractivity (Wildman–Crippen MR) is 106 cm³/mol. The fraction of sp³-hybridized carbons (Fsp3) is 0.421. The Kier molecular flexibility index (Phi) is 6.52. The van der Waals surface area contributed by atoms with Gasteiger partial charge in [-0.1, -0.05) is 25.4 Å². The molecule has 0 N–H and O–H groups in total. The summed E-state index contributed by atoms with van der Waals surface area (Å²) in [5, 5.41) is 0.482. The number of carbonyl (C=O) groups is 1. The lowest BCUT2D eigenvalue weighted by atomic mass is 10.1. The number of rotatable bonds is 7. The van der Waals surface area contributed by atoms with Crippen molar-refractivity contribution >= 4 is 27.6 Å². The molecule has 8 nitrogen and oxygen atoms in total. The number of hydrogen-bond donors (Lipinski definition) is 0. The number of aromatic nitrogens is 1. The molecule has 0 bridgehead atoms. The Hall–Kier alpha value is -2.07. The quantitative estimate of drug-likeness (QED) is 0.613. The van der Waals surface area contributed by atoms with E-state index in [-0.39, 0.29) is 24.0 Å². The van der Waals surface area contributed by atoms with Crippen LogP contribution in [0.5, 0.6) is 5.75 Å². The van der Waals surface area contributed by atoms with Crippen LogP contribution in [-0.2, 0) is 39.8 Å². The van der Waals surface area contributed by atoms with E-state index in [2.05, 4.69) is 0 Å². The molecule has 0 atom stereocenters. The van der Waals surface area contributed by atoms with Gasteiger partial charge in [0, 0.05) is 42.5 Å². The highest BCUT2D eigenvalue weighted by Gasteiger charge is 2.26. The van der Waals surface area contributed by atoms with Gasteiger partial charge in [-0.15, -0.1) is 0 Å². The molecule has 1 aromatic carbocycles. The van der Waals surface area contributed by atoms with Crippen LogP contribution in [0.15, 0.2) is 29.3 Å². The summed E-state index contributed by atoms with van der Waals surface area (Å²) in [5.74, 6) is -0.0561. The van der Waals surface area contributed by atoms with Gasteiger partial charge in [-0.3, -0.25) is 0 Å². The molecule has 0 fully saturated rings. The number of sulfonamides is 1. The van der Waals surface area contributed by atoms with Crippen molar-refractivity contribution in [3.05, 3.63) is 46.2 Å². The minimum atomic E-state index is -3.67. The van der Waals surface area contributed by atoms with E-state index in [1.165, 1.54) is 21.1 Å². The molecule has 3 rings (SSSR count). The Morgan fingerprint density at radius 1 is 1.28 bits per heavy atom. The molecule has 2 aromatic rings. The van der Waals surface area contributed by atoms with E-state index in [1.54, 1.807) is 33.0 Å². The first-order valence-electron chi connectivity index (χ1n) is 9.13. The summed E-state index contributed by atoms with van der Waals surface area (Å²) >= 11 is 6.12. The fourth-order valence-electron chi connectivity index (χ4n) is 3.17. The van der Waals surface area contributed by atoms with Crippen LogP contribution in [0, 0.1) is 0 Å².